The molecule has 0 saturated carbocycles. The lowest BCUT2D eigenvalue weighted by molar-refractivity contribution is -0.193. The molecule has 2 saturated heterocycles. The molecule has 192 valence electrons. The zero-order valence-electron chi connectivity index (χ0n) is 17.9. The van der Waals surface area contributed by atoms with Crippen molar-refractivity contribution in [3.63, 3.8) is 0 Å². The molecule has 2 fully saturated rings. The van der Waals surface area contributed by atoms with Crippen LogP contribution in [0, 0.1) is 0 Å². The molecule has 0 spiro atoms. The number of carboxylic acids is 2. The molecule has 0 aromatic carbocycles. The molecular weight excluding hydrogens is 488 g/mol. The molecule has 4 heterocycles. The van der Waals surface area contributed by atoms with Crippen LogP contribution in [0.15, 0.2) is 42.9 Å². The minimum Gasteiger partial charge on any atom is -0.475 e. The Morgan fingerprint density at radius 1 is 0.829 bits per heavy atom. The third-order valence-corrected chi connectivity index (χ3v) is 5.08. The number of aliphatic carboxylic acids is 2. The summed E-state index contributed by atoms with van der Waals surface area (Å²) in [6.45, 7) is 3.14. The van der Waals surface area contributed by atoms with E-state index in [0.717, 1.165) is 31.3 Å². The van der Waals surface area contributed by atoms with Gasteiger partial charge in [0.25, 0.3) is 0 Å². The number of alkyl halides is 6. The molecule has 15 heteroatoms. The highest BCUT2D eigenvalue weighted by Gasteiger charge is 2.43. The molecule has 0 aliphatic carbocycles. The monoisotopic (exact) mass is 509 g/mol. The average molecular weight is 509 g/mol. The molecule has 9 nitrogen and oxygen atoms in total. The van der Waals surface area contributed by atoms with Crippen molar-refractivity contribution in [3.05, 3.63) is 48.5 Å². The van der Waals surface area contributed by atoms with Crippen molar-refractivity contribution in [3.8, 4) is 0 Å². The Kier molecular flexibility index (Phi) is 9.33. The van der Waals surface area contributed by atoms with E-state index in [1.54, 1.807) is 0 Å². The number of likely N-dealkylation sites (tertiary alicyclic amines) is 1. The van der Waals surface area contributed by atoms with E-state index in [4.69, 9.17) is 19.8 Å². The molecule has 2 aliphatic rings. The molecule has 4 rings (SSSR count). The summed E-state index contributed by atoms with van der Waals surface area (Å²) in [4.78, 5) is 36.0. The number of fused-ring (bicyclic) bond motifs is 1. The predicted molar refractivity (Wildman–Crippen MR) is 108 cm³/mol. The van der Waals surface area contributed by atoms with Gasteiger partial charge in [0.1, 0.15) is 0 Å². The summed E-state index contributed by atoms with van der Waals surface area (Å²) in [6, 6.07) is 9.18. The van der Waals surface area contributed by atoms with Gasteiger partial charge in [0.15, 0.2) is 0 Å². The number of carbonyl (C=O) groups is 2. The molecule has 0 bridgehead atoms. The summed E-state index contributed by atoms with van der Waals surface area (Å²) in [5, 5.41) is 14.2. The fourth-order valence-corrected chi connectivity index (χ4v) is 3.66. The van der Waals surface area contributed by atoms with Crippen molar-refractivity contribution in [2.45, 2.75) is 43.8 Å². The second-order valence-corrected chi connectivity index (χ2v) is 7.35. The van der Waals surface area contributed by atoms with Crippen molar-refractivity contribution in [1.29, 1.82) is 0 Å². The van der Waals surface area contributed by atoms with Crippen LogP contribution in [0.3, 0.4) is 0 Å². The Bertz CT molecular complexity index is 938. The van der Waals surface area contributed by atoms with Crippen LogP contribution in [0.2, 0.25) is 0 Å². The van der Waals surface area contributed by atoms with E-state index in [2.05, 4.69) is 36.9 Å². The van der Waals surface area contributed by atoms with Crippen molar-refractivity contribution >= 4 is 17.9 Å². The van der Waals surface area contributed by atoms with Crippen LogP contribution in [-0.4, -0.2) is 79.5 Å². The fraction of sp³-hybridized carbons (Fsp3) is 0.450. The zero-order valence-corrected chi connectivity index (χ0v) is 17.9. The maximum Gasteiger partial charge on any atom is 0.490 e. The number of hydrogen-bond donors (Lipinski definition) is 2. The lowest BCUT2D eigenvalue weighted by atomic mass is 10.1. The smallest absolute Gasteiger partial charge is 0.475 e. The van der Waals surface area contributed by atoms with Crippen LogP contribution in [0.4, 0.5) is 32.3 Å². The van der Waals surface area contributed by atoms with Crippen LogP contribution in [0.25, 0.3) is 0 Å². The van der Waals surface area contributed by atoms with Gasteiger partial charge in [0.2, 0.25) is 5.95 Å². The van der Waals surface area contributed by atoms with Crippen LogP contribution in [-0.2, 0) is 16.1 Å². The largest absolute Gasteiger partial charge is 0.490 e. The van der Waals surface area contributed by atoms with E-state index in [0.29, 0.717) is 12.1 Å². The summed E-state index contributed by atoms with van der Waals surface area (Å²) in [6.07, 6.45) is -2.25. The van der Waals surface area contributed by atoms with E-state index < -0.39 is 24.3 Å². The Hall–Kier alpha value is -3.49. The van der Waals surface area contributed by atoms with Crippen LogP contribution >= 0.6 is 0 Å². The number of aromatic nitrogens is 3. The second-order valence-electron chi connectivity index (χ2n) is 7.35. The molecule has 2 aromatic rings. The number of halogens is 6. The molecule has 2 aliphatic heterocycles. The first-order chi connectivity index (χ1) is 16.3. The van der Waals surface area contributed by atoms with Crippen LogP contribution in [0.1, 0.15) is 18.5 Å². The molecular formula is C20H21F6N5O4. The van der Waals surface area contributed by atoms with Crippen molar-refractivity contribution in [1.82, 2.24) is 19.9 Å². The summed E-state index contributed by atoms with van der Waals surface area (Å²) in [5.74, 6) is -4.63. The third-order valence-electron chi connectivity index (χ3n) is 5.08. The van der Waals surface area contributed by atoms with E-state index in [1.807, 2.05) is 30.7 Å². The van der Waals surface area contributed by atoms with Crippen LogP contribution < -0.4 is 4.90 Å². The van der Waals surface area contributed by atoms with Gasteiger partial charge < -0.3 is 15.1 Å². The lowest BCUT2D eigenvalue weighted by Gasteiger charge is -2.25. The first-order valence-electron chi connectivity index (χ1n) is 10.1. The molecule has 35 heavy (non-hydrogen) atoms. The summed E-state index contributed by atoms with van der Waals surface area (Å²) < 4.78 is 63.5. The minimum absolute atomic E-state index is 0.552. The first kappa shape index (κ1) is 27.8. The normalized spacial score (nSPS) is 19.7. The van der Waals surface area contributed by atoms with Gasteiger partial charge in [-0.15, -0.1) is 0 Å². The van der Waals surface area contributed by atoms with Gasteiger partial charge in [0.05, 0.1) is 5.69 Å². The quantitative estimate of drug-likeness (QED) is 0.602. The average Bonchev–Trinajstić information content (AvgIpc) is 3.38. The molecule has 2 unspecified atom stereocenters. The number of carboxylic acid groups (broad SMARTS) is 2. The van der Waals surface area contributed by atoms with Gasteiger partial charge in [-0.2, -0.15) is 26.3 Å². The van der Waals surface area contributed by atoms with E-state index >= 15 is 0 Å². The Labute approximate surface area is 195 Å². The highest BCUT2D eigenvalue weighted by atomic mass is 19.4. The second kappa shape index (κ2) is 11.8. The van der Waals surface area contributed by atoms with E-state index in [9.17, 15) is 26.3 Å². The number of rotatable bonds is 3. The first-order valence-corrected chi connectivity index (χ1v) is 10.1. The Morgan fingerprint density at radius 3 is 1.83 bits per heavy atom. The molecule has 0 radical (unpaired) electrons. The summed E-state index contributed by atoms with van der Waals surface area (Å²) in [7, 11) is 0. The minimum atomic E-state index is -5.08. The SMILES string of the molecule is O=C(O)C(F)(F)F.O=C(O)C(F)(F)F.c1ccc(CN2CCC3C2CCN3c2ncccn2)nc1. The van der Waals surface area contributed by atoms with Crippen molar-refractivity contribution in [2.24, 2.45) is 0 Å². The summed E-state index contributed by atoms with van der Waals surface area (Å²) in [5.41, 5.74) is 1.16. The van der Waals surface area contributed by atoms with Crippen LogP contribution in [0.5, 0.6) is 0 Å². The number of nitrogens with zero attached hydrogens (tertiary/aromatic N) is 5. The van der Waals surface area contributed by atoms with Crippen molar-refractivity contribution in [2.75, 3.05) is 18.0 Å². The number of anilines is 1. The molecule has 2 aromatic heterocycles. The topological polar surface area (TPSA) is 120 Å². The van der Waals surface area contributed by atoms with Gasteiger partial charge in [-0.1, -0.05) is 6.07 Å². The highest BCUT2D eigenvalue weighted by Crippen LogP contribution is 2.34. The van der Waals surface area contributed by atoms with Gasteiger partial charge in [0, 0.05) is 50.3 Å². The van der Waals surface area contributed by atoms with E-state index in [1.165, 1.54) is 12.8 Å². The summed E-state index contributed by atoms with van der Waals surface area (Å²) >= 11 is 0. The fourth-order valence-electron chi connectivity index (χ4n) is 3.66. The third kappa shape index (κ3) is 8.35. The van der Waals surface area contributed by atoms with Gasteiger partial charge in [-0.05, 0) is 31.0 Å². The molecule has 2 N–H and O–H groups in total. The van der Waals surface area contributed by atoms with Crippen molar-refractivity contribution < 1.29 is 46.1 Å². The Morgan fingerprint density at radius 2 is 1.34 bits per heavy atom. The predicted octanol–water partition coefficient (Wildman–Crippen LogP) is 2.99. The molecule has 0 amide bonds. The van der Waals surface area contributed by atoms with Gasteiger partial charge in [-0.3, -0.25) is 9.88 Å². The number of hydrogen-bond acceptors (Lipinski definition) is 7. The number of pyridine rings is 1. The Balaban J connectivity index is 0.000000257. The molecule has 2 atom stereocenters. The maximum atomic E-state index is 10.6. The van der Waals surface area contributed by atoms with Gasteiger partial charge in [-0.25, -0.2) is 19.6 Å². The zero-order chi connectivity index (χ0) is 26.2. The van der Waals surface area contributed by atoms with Gasteiger partial charge >= 0.3 is 24.3 Å². The van der Waals surface area contributed by atoms with E-state index in [-0.39, 0.29) is 0 Å². The lowest BCUT2D eigenvalue weighted by Crippen LogP contribution is -2.37. The standard InChI is InChI=1S/C16H19N5.2C2HF3O2/c1-2-7-17-13(4-1)12-20-10-5-15-14(20)6-11-21(15)16-18-8-3-9-19-16;2*3-2(4,5)1(6)7/h1-4,7-9,14-15H,5-6,10-12H2;2*(H,6,7). The highest BCUT2D eigenvalue weighted by molar-refractivity contribution is 5.73. The maximum absolute atomic E-state index is 10.6.